The first-order chi connectivity index (χ1) is 4.18. The van der Waals surface area contributed by atoms with Crippen molar-refractivity contribution in [2.45, 2.75) is 0 Å². The van der Waals surface area contributed by atoms with Crippen LogP contribution in [0.3, 0.4) is 0 Å². The molecule has 1 aromatic rings. The quantitative estimate of drug-likeness (QED) is 0.453. The van der Waals surface area contributed by atoms with E-state index in [0.717, 1.165) is 0 Å². The molecule has 0 radical (unpaired) electrons. The molecule has 0 saturated heterocycles. The van der Waals surface area contributed by atoms with Gasteiger partial charge in [0.15, 0.2) is 5.88 Å². The van der Waals surface area contributed by atoms with Gasteiger partial charge >= 0.3 is 0 Å². The van der Waals surface area contributed by atoms with Crippen LogP contribution >= 0.6 is 0 Å². The van der Waals surface area contributed by atoms with Gasteiger partial charge in [0.1, 0.15) is 0 Å². The lowest BCUT2D eigenvalue weighted by atomic mass is 10.4. The monoisotopic (exact) mass is 125 g/mol. The summed E-state index contributed by atoms with van der Waals surface area (Å²) in [6, 6.07) is 2.84. The van der Waals surface area contributed by atoms with E-state index in [1.54, 1.807) is 0 Å². The molecule has 1 aromatic heterocycles. The predicted molar refractivity (Wildman–Crippen MR) is 33.4 cm³/mol. The Morgan fingerprint density at radius 1 is 1.33 bits per heavy atom. The molecule has 0 aliphatic heterocycles. The third-order valence-corrected chi connectivity index (χ3v) is 0.834. The van der Waals surface area contributed by atoms with E-state index >= 15 is 0 Å². The van der Waals surface area contributed by atoms with Crippen molar-refractivity contribution in [1.29, 1.82) is 5.41 Å². The second kappa shape index (κ2) is 1.81. The van der Waals surface area contributed by atoms with Gasteiger partial charge in [0.2, 0.25) is 5.55 Å². The summed E-state index contributed by atoms with van der Waals surface area (Å²) in [5, 5.41) is 6.95. The molecule has 4 heteroatoms. The maximum Gasteiger partial charge on any atom is 0.215 e. The number of anilines is 2. The van der Waals surface area contributed by atoms with E-state index in [0.29, 0.717) is 5.69 Å². The highest BCUT2D eigenvalue weighted by molar-refractivity contribution is 5.42. The number of nitrogens with two attached hydrogens (primary N) is 2. The van der Waals surface area contributed by atoms with Crippen molar-refractivity contribution in [2.24, 2.45) is 0 Å². The van der Waals surface area contributed by atoms with Gasteiger partial charge in [-0.1, -0.05) is 0 Å². The molecule has 0 aliphatic carbocycles. The summed E-state index contributed by atoms with van der Waals surface area (Å²) in [6.45, 7) is 0. The Morgan fingerprint density at radius 2 is 2.00 bits per heavy atom. The van der Waals surface area contributed by atoms with Gasteiger partial charge in [0, 0.05) is 17.8 Å². The van der Waals surface area contributed by atoms with Crippen LogP contribution in [0.25, 0.3) is 0 Å². The summed E-state index contributed by atoms with van der Waals surface area (Å²) >= 11 is 0. The van der Waals surface area contributed by atoms with Gasteiger partial charge in [-0.05, 0) is 0 Å². The Hall–Kier alpha value is -1.45. The Morgan fingerprint density at radius 3 is 2.44 bits per heavy atom. The Bertz CT molecular complexity index is 242. The second-order valence-electron chi connectivity index (χ2n) is 1.66. The summed E-state index contributed by atoms with van der Waals surface area (Å²) in [6.07, 6.45) is 0. The highest BCUT2D eigenvalue weighted by Crippen LogP contribution is 2.01. The lowest BCUT2D eigenvalue weighted by Gasteiger charge is -1.92. The molecular formula is C5H7N3O. The average molecular weight is 125 g/mol. The average Bonchev–Trinajstić information content (AvgIpc) is 1.59. The van der Waals surface area contributed by atoms with Gasteiger partial charge in [-0.25, -0.2) is 0 Å². The maximum absolute atomic E-state index is 6.95. The predicted octanol–water partition coefficient (Wildman–Crippen LogP) is -0.0765. The molecule has 0 atom stereocenters. The van der Waals surface area contributed by atoms with Crippen molar-refractivity contribution in [3.8, 4) is 0 Å². The highest BCUT2D eigenvalue weighted by Gasteiger charge is 1.88. The molecule has 5 N–H and O–H groups in total. The molecule has 0 aromatic carbocycles. The van der Waals surface area contributed by atoms with Gasteiger partial charge in [-0.15, -0.1) is 0 Å². The molecule has 48 valence electrons. The zero-order chi connectivity index (χ0) is 6.85. The van der Waals surface area contributed by atoms with Crippen LogP contribution in [-0.2, 0) is 0 Å². The van der Waals surface area contributed by atoms with Crippen LogP contribution in [0.2, 0.25) is 0 Å². The molecule has 9 heavy (non-hydrogen) atoms. The first-order valence-electron chi connectivity index (χ1n) is 2.39. The number of hydrogen-bond acceptors (Lipinski definition) is 4. The van der Waals surface area contributed by atoms with Crippen LogP contribution in [0, 0.1) is 5.41 Å². The van der Waals surface area contributed by atoms with Crippen molar-refractivity contribution < 1.29 is 4.42 Å². The fourth-order valence-corrected chi connectivity index (χ4v) is 0.543. The molecule has 0 bridgehead atoms. The number of hydrogen-bond donors (Lipinski definition) is 3. The Kier molecular flexibility index (Phi) is 1.14. The molecule has 1 rings (SSSR count). The smallest absolute Gasteiger partial charge is 0.215 e. The normalized spacial score (nSPS) is 9.33. The first kappa shape index (κ1) is 5.68. The van der Waals surface area contributed by atoms with Crippen LogP contribution in [0.1, 0.15) is 0 Å². The van der Waals surface area contributed by atoms with Crippen LogP contribution in [0.5, 0.6) is 0 Å². The molecule has 1 heterocycles. The summed E-state index contributed by atoms with van der Waals surface area (Å²) in [5.74, 6) is 0.167. The van der Waals surface area contributed by atoms with Gasteiger partial charge < -0.3 is 15.9 Å². The summed E-state index contributed by atoms with van der Waals surface area (Å²) in [5.41, 5.74) is 10.9. The molecule has 0 saturated carbocycles. The zero-order valence-corrected chi connectivity index (χ0v) is 4.72. The van der Waals surface area contributed by atoms with Gasteiger partial charge in [-0.2, -0.15) is 0 Å². The topological polar surface area (TPSA) is 89.0 Å². The van der Waals surface area contributed by atoms with Crippen LogP contribution in [-0.4, -0.2) is 0 Å². The van der Waals surface area contributed by atoms with E-state index in [1.165, 1.54) is 12.1 Å². The molecule has 0 unspecified atom stereocenters. The van der Waals surface area contributed by atoms with Crippen molar-refractivity contribution >= 4 is 11.6 Å². The van der Waals surface area contributed by atoms with Crippen molar-refractivity contribution in [3.05, 3.63) is 17.7 Å². The second-order valence-corrected chi connectivity index (χ2v) is 1.66. The molecule has 0 amide bonds. The standard InChI is InChI=1S/C5H7N3O/c6-3-1-4(7)9-5(8)2-3/h1-2,7H,6,8H2. The molecule has 0 fully saturated rings. The Balaban J connectivity index is 3.33. The summed E-state index contributed by atoms with van der Waals surface area (Å²) < 4.78 is 4.62. The van der Waals surface area contributed by atoms with Crippen molar-refractivity contribution in [1.82, 2.24) is 0 Å². The van der Waals surface area contributed by atoms with Crippen molar-refractivity contribution in [3.63, 3.8) is 0 Å². The van der Waals surface area contributed by atoms with E-state index in [4.69, 9.17) is 16.9 Å². The lowest BCUT2D eigenvalue weighted by Crippen LogP contribution is -2.01. The number of rotatable bonds is 0. The largest absolute Gasteiger partial charge is 0.424 e. The minimum Gasteiger partial charge on any atom is -0.424 e. The van der Waals surface area contributed by atoms with Crippen LogP contribution in [0.4, 0.5) is 11.6 Å². The van der Waals surface area contributed by atoms with E-state index in [2.05, 4.69) is 4.42 Å². The maximum atomic E-state index is 6.95. The van der Waals surface area contributed by atoms with E-state index < -0.39 is 0 Å². The van der Waals surface area contributed by atoms with E-state index in [1.807, 2.05) is 0 Å². The van der Waals surface area contributed by atoms with E-state index in [-0.39, 0.29) is 11.4 Å². The fraction of sp³-hybridized carbons (Fsp3) is 0. The fourth-order valence-electron chi connectivity index (χ4n) is 0.543. The van der Waals surface area contributed by atoms with Gasteiger partial charge in [-0.3, -0.25) is 5.41 Å². The third kappa shape index (κ3) is 1.22. The van der Waals surface area contributed by atoms with E-state index in [9.17, 15) is 0 Å². The lowest BCUT2D eigenvalue weighted by molar-refractivity contribution is 0.507. The molecule has 4 nitrogen and oxygen atoms in total. The minimum atomic E-state index is -0.0208. The minimum absolute atomic E-state index is 0.0208. The third-order valence-electron chi connectivity index (χ3n) is 0.834. The molecular weight excluding hydrogens is 118 g/mol. The van der Waals surface area contributed by atoms with Crippen LogP contribution in [0.15, 0.2) is 16.5 Å². The first-order valence-corrected chi connectivity index (χ1v) is 2.39. The number of nitrogen functional groups attached to an aromatic ring is 2. The SMILES string of the molecule is N=c1cc(N)cc(N)o1. The molecule has 0 spiro atoms. The number of nitrogens with one attached hydrogen (secondary N) is 1. The van der Waals surface area contributed by atoms with Crippen LogP contribution < -0.4 is 17.0 Å². The Labute approximate surface area is 51.6 Å². The summed E-state index contributed by atoms with van der Waals surface area (Å²) in [7, 11) is 0. The van der Waals surface area contributed by atoms with Crippen molar-refractivity contribution in [2.75, 3.05) is 11.5 Å². The zero-order valence-electron chi connectivity index (χ0n) is 4.72. The van der Waals surface area contributed by atoms with Gasteiger partial charge in [0.25, 0.3) is 0 Å². The molecule has 0 aliphatic rings. The van der Waals surface area contributed by atoms with Gasteiger partial charge in [0.05, 0.1) is 0 Å². The highest BCUT2D eigenvalue weighted by atomic mass is 16.3. The summed E-state index contributed by atoms with van der Waals surface area (Å²) in [4.78, 5) is 0.